The summed E-state index contributed by atoms with van der Waals surface area (Å²) in [4.78, 5) is 3.49. The minimum absolute atomic E-state index is 0.0975. The Balaban J connectivity index is 1.95. The smallest absolute Gasteiger partial charge is 0.325 e. The van der Waals surface area contributed by atoms with Crippen LogP contribution in [0.2, 0.25) is 0 Å². The third-order valence-corrected chi connectivity index (χ3v) is 3.70. The Hall–Kier alpha value is -1.56. The first kappa shape index (κ1) is 12.5. The molecule has 0 aliphatic heterocycles. The summed E-state index contributed by atoms with van der Waals surface area (Å²) >= 11 is 0. The molecule has 6 heteroatoms. The molecule has 3 rings (SSSR count). The zero-order chi connectivity index (χ0) is 13.7. The highest BCUT2D eigenvalue weighted by Crippen LogP contribution is 2.37. The molecule has 0 atom stereocenters. The Morgan fingerprint density at radius 1 is 1.37 bits per heavy atom. The third kappa shape index (κ3) is 2.32. The van der Waals surface area contributed by atoms with Gasteiger partial charge in [0.15, 0.2) is 0 Å². The lowest BCUT2D eigenvalue weighted by molar-refractivity contribution is -0.145. The number of fused-ring (bicyclic) bond motifs is 1. The molecular formula is C13H14F3N3. The van der Waals surface area contributed by atoms with E-state index in [1.54, 1.807) is 6.07 Å². The summed E-state index contributed by atoms with van der Waals surface area (Å²) in [6.45, 7) is 0. The minimum atomic E-state index is -4.43. The molecule has 0 radical (unpaired) electrons. The number of aromatic nitrogens is 2. The Morgan fingerprint density at radius 2 is 2.11 bits per heavy atom. The summed E-state index contributed by atoms with van der Waals surface area (Å²) in [5, 5.41) is 0. The number of alkyl halides is 3. The van der Waals surface area contributed by atoms with Crippen LogP contribution in [-0.4, -0.2) is 14.9 Å². The number of nitrogens with zero attached hydrogens (tertiary/aromatic N) is 2. The molecule has 3 nitrogen and oxygen atoms in total. The Kier molecular flexibility index (Phi) is 2.60. The molecule has 2 aromatic heterocycles. The van der Waals surface area contributed by atoms with Gasteiger partial charge < -0.3 is 5.73 Å². The normalized spacial score (nSPS) is 17.9. The van der Waals surface area contributed by atoms with Crippen LogP contribution in [0.4, 0.5) is 13.2 Å². The fraction of sp³-hybridized carbons (Fsp3) is 0.462. The van der Waals surface area contributed by atoms with E-state index in [0.717, 1.165) is 29.2 Å². The van der Waals surface area contributed by atoms with Crippen molar-refractivity contribution in [3.63, 3.8) is 0 Å². The topological polar surface area (TPSA) is 43.3 Å². The van der Waals surface area contributed by atoms with Crippen molar-refractivity contribution in [3.8, 4) is 0 Å². The second-order valence-electron chi connectivity index (χ2n) is 5.23. The maximum absolute atomic E-state index is 12.8. The molecular weight excluding hydrogens is 255 g/mol. The van der Waals surface area contributed by atoms with Crippen LogP contribution in [0.5, 0.6) is 0 Å². The van der Waals surface area contributed by atoms with Gasteiger partial charge in [-0.05, 0) is 37.3 Å². The highest BCUT2D eigenvalue weighted by Gasteiger charge is 2.38. The molecule has 0 amide bonds. The summed E-state index contributed by atoms with van der Waals surface area (Å²) in [5.41, 5.74) is 7.29. The van der Waals surface area contributed by atoms with E-state index in [1.807, 2.05) is 6.07 Å². The number of imidazole rings is 1. The van der Waals surface area contributed by atoms with Crippen LogP contribution in [0.25, 0.3) is 5.52 Å². The number of aryl methyl sites for hydroxylation is 1. The number of nitrogens with two attached hydrogens (primary N) is 1. The highest BCUT2D eigenvalue weighted by atomic mass is 19.4. The first-order valence-corrected chi connectivity index (χ1v) is 6.20. The minimum Gasteiger partial charge on any atom is -0.325 e. The van der Waals surface area contributed by atoms with Gasteiger partial charge in [0.25, 0.3) is 0 Å². The fourth-order valence-electron chi connectivity index (χ4n) is 2.30. The largest absolute Gasteiger partial charge is 0.450 e. The van der Waals surface area contributed by atoms with Crippen molar-refractivity contribution in [1.82, 2.24) is 9.38 Å². The average molecular weight is 269 g/mol. The molecule has 1 saturated carbocycles. The predicted octanol–water partition coefficient (Wildman–Crippen LogP) is 2.78. The first-order chi connectivity index (χ1) is 8.89. The summed E-state index contributed by atoms with van der Waals surface area (Å²) < 4.78 is 39.4. The van der Waals surface area contributed by atoms with Gasteiger partial charge in [-0.1, -0.05) is 6.07 Å². The summed E-state index contributed by atoms with van der Waals surface area (Å²) in [6.07, 6.45) is 1.74. The lowest BCUT2D eigenvalue weighted by atomic mass is 10.0. The van der Waals surface area contributed by atoms with E-state index in [1.165, 1.54) is 12.4 Å². The van der Waals surface area contributed by atoms with Crippen molar-refractivity contribution in [2.75, 3.05) is 0 Å². The van der Waals surface area contributed by atoms with E-state index in [4.69, 9.17) is 5.73 Å². The van der Waals surface area contributed by atoms with Crippen LogP contribution < -0.4 is 5.73 Å². The Bertz CT molecular complexity index is 611. The molecule has 0 aromatic carbocycles. The number of hydrogen-bond acceptors (Lipinski definition) is 2. The summed E-state index contributed by atoms with van der Waals surface area (Å²) in [6, 6.07) is 3.46. The fourth-order valence-corrected chi connectivity index (χ4v) is 2.30. The van der Waals surface area contributed by atoms with Crippen LogP contribution in [0.1, 0.15) is 30.7 Å². The van der Waals surface area contributed by atoms with Gasteiger partial charge in [0.05, 0.1) is 11.7 Å². The number of rotatable bonds is 3. The van der Waals surface area contributed by atoms with Crippen LogP contribution in [0, 0.1) is 0 Å². The Labute approximate surface area is 108 Å². The lowest BCUT2D eigenvalue weighted by Crippen LogP contribution is -2.22. The molecule has 1 fully saturated rings. The van der Waals surface area contributed by atoms with Crippen molar-refractivity contribution in [1.29, 1.82) is 0 Å². The zero-order valence-corrected chi connectivity index (χ0v) is 10.2. The summed E-state index contributed by atoms with van der Waals surface area (Å²) in [5.74, 6) is -0.877. The van der Waals surface area contributed by atoms with Crippen molar-refractivity contribution in [2.45, 2.75) is 37.4 Å². The monoisotopic (exact) mass is 269 g/mol. The molecule has 102 valence electrons. The molecule has 0 unspecified atom stereocenters. The first-order valence-electron chi connectivity index (χ1n) is 6.20. The van der Waals surface area contributed by atoms with E-state index in [0.29, 0.717) is 11.9 Å². The maximum Gasteiger partial charge on any atom is 0.450 e. The van der Waals surface area contributed by atoms with Crippen LogP contribution >= 0.6 is 0 Å². The van der Waals surface area contributed by atoms with Gasteiger partial charge in [0, 0.05) is 11.7 Å². The third-order valence-electron chi connectivity index (χ3n) is 3.70. The molecule has 2 aromatic rings. The van der Waals surface area contributed by atoms with E-state index in [9.17, 15) is 13.2 Å². The van der Waals surface area contributed by atoms with Gasteiger partial charge >= 0.3 is 6.18 Å². The maximum atomic E-state index is 12.8. The number of hydrogen-bond donors (Lipinski definition) is 1. The van der Waals surface area contributed by atoms with Gasteiger partial charge in [0.1, 0.15) is 0 Å². The second-order valence-corrected chi connectivity index (χ2v) is 5.23. The van der Waals surface area contributed by atoms with E-state index in [-0.39, 0.29) is 5.54 Å². The summed E-state index contributed by atoms with van der Waals surface area (Å²) in [7, 11) is 0. The predicted molar refractivity (Wildman–Crippen MR) is 64.7 cm³/mol. The zero-order valence-electron chi connectivity index (χ0n) is 10.2. The molecule has 1 aliphatic rings. The molecule has 2 heterocycles. The van der Waals surface area contributed by atoms with Gasteiger partial charge in [-0.25, -0.2) is 4.98 Å². The van der Waals surface area contributed by atoms with Crippen LogP contribution in [-0.2, 0) is 12.6 Å². The van der Waals surface area contributed by atoms with E-state index >= 15 is 0 Å². The standard InChI is InChI=1S/C13H14F3N3/c14-13(15,16)11-18-8-10-9(2-1-7-19(10)11)3-4-12(17)5-6-12/h1-2,7-8H,3-6,17H2. The molecule has 0 bridgehead atoms. The number of halogens is 3. The van der Waals surface area contributed by atoms with Gasteiger partial charge in [0.2, 0.25) is 5.82 Å². The van der Waals surface area contributed by atoms with Gasteiger partial charge in [-0.2, -0.15) is 13.2 Å². The molecule has 1 aliphatic carbocycles. The molecule has 0 spiro atoms. The van der Waals surface area contributed by atoms with Crippen LogP contribution in [0.15, 0.2) is 24.5 Å². The van der Waals surface area contributed by atoms with Crippen molar-refractivity contribution < 1.29 is 13.2 Å². The highest BCUT2D eigenvalue weighted by molar-refractivity contribution is 5.54. The van der Waals surface area contributed by atoms with Crippen LogP contribution in [0.3, 0.4) is 0 Å². The van der Waals surface area contributed by atoms with E-state index < -0.39 is 12.0 Å². The Morgan fingerprint density at radius 3 is 2.74 bits per heavy atom. The molecule has 2 N–H and O–H groups in total. The SMILES string of the molecule is NC1(CCc2cccn3c(C(F)(F)F)ncc23)CC1. The number of pyridine rings is 1. The van der Waals surface area contributed by atoms with Crippen molar-refractivity contribution in [3.05, 3.63) is 35.9 Å². The molecule has 0 saturated heterocycles. The van der Waals surface area contributed by atoms with Gasteiger partial charge in [-0.15, -0.1) is 0 Å². The van der Waals surface area contributed by atoms with Gasteiger partial charge in [-0.3, -0.25) is 4.40 Å². The molecule has 19 heavy (non-hydrogen) atoms. The van der Waals surface area contributed by atoms with Crippen molar-refractivity contribution in [2.24, 2.45) is 5.73 Å². The van der Waals surface area contributed by atoms with E-state index in [2.05, 4.69) is 4.98 Å². The second kappa shape index (κ2) is 3.96. The quantitative estimate of drug-likeness (QED) is 0.931. The lowest BCUT2D eigenvalue weighted by Gasteiger charge is -2.10. The average Bonchev–Trinajstić information content (AvgIpc) is 2.90. The van der Waals surface area contributed by atoms with Crippen molar-refractivity contribution >= 4 is 5.52 Å².